The van der Waals surface area contributed by atoms with Gasteiger partial charge in [-0.15, -0.1) is 0 Å². The highest BCUT2D eigenvalue weighted by Gasteiger charge is 2.26. The molecule has 0 saturated heterocycles. The molecule has 3 N–H and O–H groups in total. The maximum Gasteiger partial charge on any atom is 0.191 e. The molecule has 0 fully saturated rings. The molecule has 6 nitrogen and oxygen atoms in total. The van der Waals surface area contributed by atoms with Gasteiger partial charge < -0.3 is 24.9 Å². The lowest BCUT2D eigenvalue weighted by Gasteiger charge is -2.21. The van der Waals surface area contributed by atoms with Gasteiger partial charge in [0.25, 0.3) is 0 Å². The molecule has 0 aliphatic rings. The average Bonchev–Trinajstić information content (AvgIpc) is 3.15. The van der Waals surface area contributed by atoms with Crippen LogP contribution in [-0.4, -0.2) is 36.8 Å². The fourth-order valence-electron chi connectivity index (χ4n) is 2.28. The number of ether oxygens (including phenoxy) is 1. The molecule has 0 amide bonds. The second-order valence-electron chi connectivity index (χ2n) is 6.19. The maximum absolute atomic E-state index is 13.6. The Labute approximate surface area is 153 Å². The predicted molar refractivity (Wildman–Crippen MR) is 98.8 cm³/mol. The van der Waals surface area contributed by atoms with Crippen LogP contribution in [0.25, 0.3) is 0 Å². The van der Waals surface area contributed by atoms with Gasteiger partial charge in [-0.05, 0) is 45.0 Å². The number of guanidine groups is 1. The van der Waals surface area contributed by atoms with Crippen LogP contribution in [0.15, 0.2) is 52.1 Å². The third-order valence-electron chi connectivity index (χ3n) is 3.66. The highest BCUT2D eigenvalue weighted by atomic mass is 19.1. The van der Waals surface area contributed by atoms with Crippen molar-refractivity contribution in [2.45, 2.75) is 32.5 Å². The van der Waals surface area contributed by atoms with Crippen LogP contribution in [0.3, 0.4) is 0 Å². The summed E-state index contributed by atoms with van der Waals surface area (Å²) in [5.74, 6) is 0.801. The Kier molecular flexibility index (Phi) is 7.03. The minimum Gasteiger partial charge on any atom is -0.486 e. The summed E-state index contributed by atoms with van der Waals surface area (Å²) in [6.07, 6.45) is 1.24. The summed E-state index contributed by atoms with van der Waals surface area (Å²) in [6, 6.07) is 9.72. The number of para-hydroxylation sites is 1. The maximum atomic E-state index is 13.6. The van der Waals surface area contributed by atoms with Gasteiger partial charge in [0.1, 0.15) is 17.5 Å². The summed E-state index contributed by atoms with van der Waals surface area (Å²) < 4.78 is 24.5. The van der Waals surface area contributed by atoms with Crippen LogP contribution in [0.2, 0.25) is 0 Å². The summed E-state index contributed by atoms with van der Waals surface area (Å²) in [7, 11) is 0. The van der Waals surface area contributed by atoms with Crippen LogP contribution in [0.4, 0.5) is 4.39 Å². The average molecular weight is 363 g/mol. The molecule has 0 aliphatic carbocycles. The largest absolute Gasteiger partial charge is 0.486 e. The molecule has 0 spiro atoms. The monoisotopic (exact) mass is 363 g/mol. The van der Waals surface area contributed by atoms with Crippen molar-refractivity contribution in [3.63, 3.8) is 0 Å². The van der Waals surface area contributed by atoms with E-state index >= 15 is 0 Å². The lowest BCUT2D eigenvalue weighted by molar-refractivity contribution is 0.0437. The van der Waals surface area contributed by atoms with Crippen molar-refractivity contribution in [2.24, 2.45) is 4.99 Å². The van der Waals surface area contributed by atoms with E-state index < -0.39 is 11.4 Å². The topological polar surface area (TPSA) is 79.0 Å². The highest BCUT2D eigenvalue weighted by Crippen LogP contribution is 2.21. The molecule has 26 heavy (non-hydrogen) atoms. The van der Waals surface area contributed by atoms with E-state index in [0.717, 1.165) is 0 Å². The normalized spacial score (nSPS) is 15.2. The minimum atomic E-state index is -1.21. The number of nitrogens with zero attached hydrogens (tertiary/aromatic N) is 1. The second kappa shape index (κ2) is 9.24. The predicted octanol–water partition coefficient (Wildman–Crippen LogP) is 2.65. The molecule has 7 heteroatoms. The molecule has 2 unspecified atom stereocenters. The standard InChI is InChI=1S/C19H26FN3O3/c1-4-21-18(23-13-19(3,24)17-10-7-11-25-17)22-12-14(2)26-16-9-6-5-8-15(16)20/h5-11,14,24H,4,12-13H2,1-3H3,(H2,21,22,23). The van der Waals surface area contributed by atoms with Gasteiger partial charge in [0.05, 0.1) is 19.4 Å². The van der Waals surface area contributed by atoms with Crippen LogP contribution in [0.5, 0.6) is 5.75 Å². The van der Waals surface area contributed by atoms with E-state index in [1.807, 2.05) is 13.8 Å². The Balaban J connectivity index is 1.91. The first-order valence-corrected chi connectivity index (χ1v) is 8.62. The SMILES string of the molecule is CCNC(=NCC(C)(O)c1ccco1)NCC(C)Oc1ccccc1F. The minimum absolute atomic E-state index is 0.123. The molecule has 0 saturated carbocycles. The highest BCUT2D eigenvalue weighted by molar-refractivity contribution is 5.79. The first kappa shape index (κ1) is 19.8. The van der Waals surface area contributed by atoms with Crippen molar-refractivity contribution in [2.75, 3.05) is 19.6 Å². The van der Waals surface area contributed by atoms with Gasteiger partial charge in [-0.1, -0.05) is 12.1 Å². The summed E-state index contributed by atoms with van der Waals surface area (Å²) in [5.41, 5.74) is -1.21. The van der Waals surface area contributed by atoms with E-state index in [1.165, 1.54) is 12.3 Å². The van der Waals surface area contributed by atoms with Crippen molar-refractivity contribution >= 4 is 5.96 Å². The molecule has 1 heterocycles. The number of nitrogens with one attached hydrogen (secondary N) is 2. The van der Waals surface area contributed by atoms with Gasteiger partial charge in [0.2, 0.25) is 0 Å². The number of furan rings is 1. The Hall–Kier alpha value is -2.54. The molecule has 2 aromatic rings. The van der Waals surface area contributed by atoms with E-state index in [9.17, 15) is 9.50 Å². The van der Waals surface area contributed by atoms with E-state index in [1.54, 1.807) is 37.3 Å². The van der Waals surface area contributed by atoms with Crippen LogP contribution in [0, 0.1) is 5.82 Å². The van der Waals surface area contributed by atoms with E-state index in [2.05, 4.69) is 15.6 Å². The Morgan fingerprint density at radius 1 is 1.31 bits per heavy atom. The molecule has 1 aromatic carbocycles. The van der Waals surface area contributed by atoms with E-state index in [-0.39, 0.29) is 18.4 Å². The van der Waals surface area contributed by atoms with Crippen molar-refractivity contribution in [3.8, 4) is 5.75 Å². The van der Waals surface area contributed by atoms with Crippen LogP contribution in [-0.2, 0) is 5.60 Å². The smallest absolute Gasteiger partial charge is 0.191 e. The number of halogens is 1. The van der Waals surface area contributed by atoms with Crippen molar-refractivity contribution in [1.82, 2.24) is 10.6 Å². The van der Waals surface area contributed by atoms with Gasteiger partial charge >= 0.3 is 0 Å². The lowest BCUT2D eigenvalue weighted by atomic mass is 10.0. The zero-order valence-electron chi connectivity index (χ0n) is 15.3. The van der Waals surface area contributed by atoms with Crippen LogP contribution < -0.4 is 15.4 Å². The molecule has 2 atom stereocenters. The molecule has 2 rings (SSSR count). The number of benzene rings is 1. The molecule has 1 aromatic heterocycles. The Morgan fingerprint density at radius 3 is 2.73 bits per heavy atom. The van der Waals surface area contributed by atoms with E-state index in [4.69, 9.17) is 9.15 Å². The van der Waals surface area contributed by atoms with Crippen LogP contribution >= 0.6 is 0 Å². The molecule has 0 radical (unpaired) electrons. The summed E-state index contributed by atoms with van der Waals surface area (Å²) in [6.45, 7) is 6.63. The van der Waals surface area contributed by atoms with Gasteiger partial charge in [-0.3, -0.25) is 0 Å². The van der Waals surface area contributed by atoms with Gasteiger partial charge in [-0.2, -0.15) is 0 Å². The molecular formula is C19H26FN3O3. The zero-order chi connectivity index (χ0) is 19.0. The number of hydrogen-bond donors (Lipinski definition) is 3. The number of rotatable bonds is 8. The lowest BCUT2D eigenvalue weighted by Crippen LogP contribution is -2.42. The zero-order valence-corrected chi connectivity index (χ0v) is 15.3. The van der Waals surface area contributed by atoms with E-state index in [0.29, 0.717) is 24.8 Å². The third kappa shape index (κ3) is 5.77. The molecule has 0 aliphatic heterocycles. The summed E-state index contributed by atoms with van der Waals surface area (Å²) in [4.78, 5) is 4.39. The number of hydrogen-bond acceptors (Lipinski definition) is 4. The number of aliphatic imine (C=N–C) groups is 1. The summed E-state index contributed by atoms with van der Waals surface area (Å²) >= 11 is 0. The fraction of sp³-hybridized carbons (Fsp3) is 0.421. The fourth-order valence-corrected chi connectivity index (χ4v) is 2.28. The third-order valence-corrected chi connectivity index (χ3v) is 3.66. The first-order chi connectivity index (χ1) is 12.4. The van der Waals surface area contributed by atoms with Gasteiger partial charge in [0, 0.05) is 6.54 Å². The van der Waals surface area contributed by atoms with Crippen molar-refractivity contribution in [3.05, 3.63) is 54.2 Å². The van der Waals surface area contributed by atoms with Crippen molar-refractivity contribution in [1.29, 1.82) is 0 Å². The number of aliphatic hydroxyl groups is 1. The van der Waals surface area contributed by atoms with Gasteiger partial charge in [0.15, 0.2) is 17.5 Å². The van der Waals surface area contributed by atoms with Crippen molar-refractivity contribution < 1.29 is 18.7 Å². The Bertz CT molecular complexity index is 702. The molecular weight excluding hydrogens is 337 g/mol. The van der Waals surface area contributed by atoms with Gasteiger partial charge in [-0.25, -0.2) is 9.38 Å². The second-order valence-corrected chi connectivity index (χ2v) is 6.19. The Morgan fingerprint density at radius 2 is 2.08 bits per heavy atom. The quantitative estimate of drug-likeness (QED) is 0.496. The van der Waals surface area contributed by atoms with Crippen LogP contribution in [0.1, 0.15) is 26.5 Å². The summed E-state index contributed by atoms with van der Waals surface area (Å²) in [5, 5.41) is 16.7. The molecule has 142 valence electrons. The first-order valence-electron chi connectivity index (χ1n) is 8.62. The molecule has 0 bridgehead atoms.